The zero-order chi connectivity index (χ0) is 12.4. The summed E-state index contributed by atoms with van der Waals surface area (Å²) in [6, 6.07) is 3.08. The summed E-state index contributed by atoms with van der Waals surface area (Å²) < 4.78 is 1.73. The zero-order valence-corrected chi connectivity index (χ0v) is 9.85. The van der Waals surface area contributed by atoms with Gasteiger partial charge in [0, 0.05) is 12.6 Å². The van der Waals surface area contributed by atoms with Crippen LogP contribution in [0.25, 0.3) is 10.7 Å². The Hall–Kier alpha value is -1.80. The Morgan fingerprint density at radius 2 is 2.29 bits per heavy atom. The minimum absolute atomic E-state index is 0.0659. The summed E-state index contributed by atoms with van der Waals surface area (Å²) in [4.78, 5) is 10.8. The van der Waals surface area contributed by atoms with Gasteiger partial charge < -0.3 is 9.67 Å². The topological polar surface area (TPSA) is 94.1 Å². The largest absolute Gasteiger partial charge is 0.388 e. The fourth-order valence-electron chi connectivity index (χ4n) is 1.51. The quantitative estimate of drug-likeness (QED) is 0.657. The van der Waals surface area contributed by atoms with Crippen LogP contribution in [0, 0.1) is 10.1 Å². The van der Waals surface area contributed by atoms with Gasteiger partial charge in [-0.1, -0.05) is 11.3 Å². The Bertz CT molecular complexity index is 548. The molecular formula is C9H10N4O3S. The Labute approximate surface area is 100 Å². The van der Waals surface area contributed by atoms with Gasteiger partial charge in [0.05, 0.1) is 9.80 Å². The molecule has 0 aromatic carbocycles. The minimum atomic E-state index is -0.437. The SMILES string of the molecule is CCn1c(CO)nnc1-c1ccc([N+](=O)[O-])s1. The number of aliphatic hydroxyl groups is 1. The van der Waals surface area contributed by atoms with Gasteiger partial charge in [0.2, 0.25) is 0 Å². The maximum absolute atomic E-state index is 10.6. The Kier molecular flexibility index (Phi) is 3.16. The van der Waals surface area contributed by atoms with Crippen LogP contribution in [0.4, 0.5) is 5.00 Å². The van der Waals surface area contributed by atoms with Gasteiger partial charge in [0.15, 0.2) is 11.6 Å². The number of aliphatic hydroxyl groups excluding tert-OH is 1. The molecular weight excluding hydrogens is 244 g/mol. The second-order valence-corrected chi connectivity index (χ2v) is 4.30. The third kappa shape index (κ3) is 2.04. The van der Waals surface area contributed by atoms with Crippen LogP contribution >= 0.6 is 11.3 Å². The predicted molar refractivity (Wildman–Crippen MR) is 61.6 cm³/mol. The smallest absolute Gasteiger partial charge is 0.324 e. The van der Waals surface area contributed by atoms with E-state index in [-0.39, 0.29) is 11.6 Å². The molecule has 0 atom stereocenters. The molecule has 0 unspecified atom stereocenters. The molecule has 0 saturated carbocycles. The molecule has 90 valence electrons. The van der Waals surface area contributed by atoms with E-state index in [1.54, 1.807) is 10.6 Å². The first-order chi connectivity index (χ1) is 8.17. The van der Waals surface area contributed by atoms with E-state index in [1.807, 2.05) is 6.92 Å². The predicted octanol–water partition coefficient (Wildman–Crippen LogP) is 1.43. The van der Waals surface area contributed by atoms with Crippen LogP contribution in [0.15, 0.2) is 12.1 Å². The molecule has 8 heteroatoms. The molecule has 0 spiro atoms. The van der Waals surface area contributed by atoms with Crippen molar-refractivity contribution < 1.29 is 10.0 Å². The van der Waals surface area contributed by atoms with E-state index in [0.717, 1.165) is 11.3 Å². The average Bonchev–Trinajstić information content (AvgIpc) is 2.94. The van der Waals surface area contributed by atoms with Gasteiger partial charge in [-0.05, 0) is 13.0 Å². The van der Waals surface area contributed by atoms with Crippen molar-refractivity contribution in [2.24, 2.45) is 0 Å². The summed E-state index contributed by atoms with van der Waals surface area (Å²) >= 11 is 1.04. The van der Waals surface area contributed by atoms with Crippen LogP contribution < -0.4 is 0 Å². The van der Waals surface area contributed by atoms with E-state index in [9.17, 15) is 10.1 Å². The number of aromatic nitrogens is 3. The van der Waals surface area contributed by atoms with Gasteiger partial charge in [0.1, 0.15) is 6.61 Å². The minimum Gasteiger partial charge on any atom is -0.388 e. The van der Waals surface area contributed by atoms with Crippen LogP contribution in [0.3, 0.4) is 0 Å². The summed E-state index contributed by atoms with van der Waals surface area (Å²) in [5.41, 5.74) is 0. The van der Waals surface area contributed by atoms with E-state index in [2.05, 4.69) is 10.2 Å². The molecule has 2 rings (SSSR count). The first-order valence-corrected chi connectivity index (χ1v) is 5.76. The maximum atomic E-state index is 10.6. The summed E-state index contributed by atoms with van der Waals surface area (Å²) in [6.45, 7) is 2.30. The molecule has 0 saturated heterocycles. The fourth-order valence-corrected chi connectivity index (χ4v) is 2.33. The number of nitro groups is 1. The molecule has 0 fully saturated rings. The van der Waals surface area contributed by atoms with Crippen molar-refractivity contribution in [3.05, 3.63) is 28.1 Å². The van der Waals surface area contributed by atoms with E-state index in [4.69, 9.17) is 5.11 Å². The van der Waals surface area contributed by atoms with E-state index in [0.29, 0.717) is 23.1 Å². The maximum Gasteiger partial charge on any atom is 0.324 e. The molecule has 2 aromatic heterocycles. The zero-order valence-electron chi connectivity index (χ0n) is 9.03. The van der Waals surface area contributed by atoms with Crippen molar-refractivity contribution >= 4 is 16.3 Å². The summed E-state index contributed by atoms with van der Waals surface area (Å²) in [5.74, 6) is 1.01. The molecule has 2 aromatic rings. The molecule has 0 aliphatic heterocycles. The lowest BCUT2D eigenvalue weighted by Gasteiger charge is -2.03. The monoisotopic (exact) mass is 254 g/mol. The number of hydrogen-bond acceptors (Lipinski definition) is 6. The van der Waals surface area contributed by atoms with Gasteiger partial charge in [-0.2, -0.15) is 0 Å². The lowest BCUT2D eigenvalue weighted by Crippen LogP contribution is -2.02. The van der Waals surface area contributed by atoms with Crippen molar-refractivity contribution in [2.45, 2.75) is 20.1 Å². The lowest BCUT2D eigenvalue weighted by atomic mass is 10.4. The van der Waals surface area contributed by atoms with Crippen LogP contribution in [-0.2, 0) is 13.2 Å². The van der Waals surface area contributed by atoms with Crippen molar-refractivity contribution in [3.63, 3.8) is 0 Å². The number of rotatable bonds is 4. The molecule has 7 nitrogen and oxygen atoms in total. The summed E-state index contributed by atoms with van der Waals surface area (Å²) in [5, 5.41) is 27.5. The van der Waals surface area contributed by atoms with Gasteiger partial charge >= 0.3 is 5.00 Å². The number of hydrogen-bond donors (Lipinski definition) is 1. The Morgan fingerprint density at radius 3 is 2.82 bits per heavy atom. The van der Waals surface area contributed by atoms with Crippen LogP contribution in [0.5, 0.6) is 0 Å². The standard InChI is InChI=1S/C9H10N4O3S/c1-2-12-7(5-14)10-11-9(12)6-3-4-8(17-6)13(15)16/h3-4,14H,2,5H2,1H3. The number of nitrogens with zero attached hydrogens (tertiary/aromatic N) is 4. The summed E-state index contributed by atoms with van der Waals surface area (Å²) in [6.07, 6.45) is 0. The molecule has 0 aliphatic carbocycles. The Morgan fingerprint density at radius 1 is 1.53 bits per heavy atom. The van der Waals surface area contributed by atoms with Crippen LogP contribution in [0.2, 0.25) is 0 Å². The second-order valence-electron chi connectivity index (χ2n) is 3.24. The van der Waals surface area contributed by atoms with Gasteiger partial charge in [0.25, 0.3) is 0 Å². The van der Waals surface area contributed by atoms with Crippen LogP contribution in [0.1, 0.15) is 12.7 Å². The molecule has 1 N–H and O–H groups in total. The number of thiophene rings is 1. The van der Waals surface area contributed by atoms with Gasteiger partial charge in [-0.15, -0.1) is 10.2 Å². The highest BCUT2D eigenvalue weighted by atomic mass is 32.1. The summed E-state index contributed by atoms with van der Waals surface area (Å²) in [7, 11) is 0. The van der Waals surface area contributed by atoms with Gasteiger partial charge in [-0.25, -0.2) is 0 Å². The molecule has 0 amide bonds. The Balaban J connectivity index is 2.45. The van der Waals surface area contributed by atoms with Crippen molar-refractivity contribution in [2.75, 3.05) is 0 Å². The molecule has 0 aliphatic rings. The van der Waals surface area contributed by atoms with Crippen molar-refractivity contribution in [1.29, 1.82) is 0 Å². The van der Waals surface area contributed by atoms with Crippen LogP contribution in [-0.4, -0.2) is 24.8 Å². The molecule has 0 bridgehead atoms. The fraction of sp³-hybridized carbons (Fsp3) is 0.333. The third-order valence-corrected chi connectivity index (χ3v) is 3.31. The van der Waals surface area contributed by atoms with Gasteiger partial charge in [-0.3, -0.25) is 10.1 Å². The second kappa shape index (κ2) is 4.60. The van der Waals surface area contributed by atoms with Crippen molar-refractivity contribution in [3.8, 4) is 10.7 Å². The highest BCUT2D eigenvalue weighted by Crippen LogP contribution is 2.31. The molecule has 0 radical (unpaired) electrons. The lowest BCUT2D eigenvalue weighted by molar-refractivity contribution is -0.380. The van der Waals surface area contributed by atoms with E-state index >= 15 is 0 Å². The third-order valence-electron chi connectivity index (χ3n) is 2.28. The van der Waals surface area contributed by atoms with E-state index in [1.165, 1.54) is 6.07 Å². The normalized spacial score (nSPS) is 10.7. The average molecular weight is 254 g/mol. The first kappa shape index (κ1) is 11.7. The molecule has 2 heterocycles. The van der Waals surface area contributed by atoms with E-state index < -0.39 is 4.92 Å². The highest BCUT2D eigenvalue weighted by Gasteiger charge is 2.17. The molecule has 17 heavy (non-hydrogen) atoms. The first-order valence-electron chi connectivity index (χ1n) is 4.95. The highest BCUT2D eigenvalue weighted by molar-refractivity contribution is 7.18. The van der Waals surface area contributed by atoms with Crippen molar-refractivity contribution in [1.82, 2.24) is 14.8 Å².